The minimum Gasteiger partial charge on any atom is -0.493 e. The third-order valence-electron chi connectivity index (χ3n) is 4.86. The Hall–Kier alpha value is -2.74. The fraction of sp³-hybridized carbons (Fsp3) is 0.444. The van der Waals surface area contributed by atoms with Crippen LogP contribution in [0.25, 0.3) is 11.3 Å². The molecule has 2 N–H and O–H groups in total. The molecule has 4 heterocycles. The molecule has 8 nitrogen and oxygen atoms in total. The molecular weight excluding hydrogens is 334 g/mol. The zero-order valence-corrected chi connectivity index (χ0v) is 14.4. The highest BCUT2D eigenvalue weighted by Gasteiger charge is 2.28. The average Bonchev–Trinajstić information content (AvgIpc) is 2.67. The first-order chi connectivity index (χ1) is 12.7. The van der Waals surface area contributed by atoms with Gasteiger partial charge in [0.2, 0.25) is 11.8 Å². The molecule has 2 aliphatic heterocycles. The Labute approximate surface area is 151 Å². The Morgan fingerprint density at radius 1 is 1.31 bits per heavy atom. The molecule has 0 aliphatic carbocycles. The van der Waals surface area contributed by atoms with Crippen molar-refractivity contribution in [3.05, 3.63) is 24.5 Å². The molecule has 0 radical (unpaired) electrons. The van der Waals surface area contributed by atoms with Crippen molar-refractivity contribution in [2.45, 2.75) is 19.3 Å². The Kier molecular flexibility index (Phi) is 4.66. The first kappa shape index (κ1) is 16.7. The fourth-order valence-corrected chi connectivity index (χ4v) is 3.36. The molecule has 4 rings (SSSR count). The van der Waals surface area contributed by atoms with Crippen molar-refractivity contribution in [2.24, 2.45) is 5.92 Å². The first-order valence-corrected chi connectivity index (χ1v) is 8.85. The van der Waals surface area contributed by atoms with Gasteiger partial charge in [-0.15, -0.1) is 0 Å². The Morgan fingerprint density at radius 3 is 2.96 bits per heavy atom. The topological polar surface area (TPSA) is 100 Å². The van der Waals surface area contributed by atoms with Crippen molar-refractivity contribution >= 4 is 17.5 Å². The van der Waals surface area contributed by atoms with Gasteiger partial charge in [0.15, 0.2) is 11.6 Å². The van der Waals surface area contributed by atoms with Gasteiger partial charge in [-0.2, -0.15) is 0 Å². The summed E-state index contributed by atoms with van der Waals surface area (Å²) >= 11 is 0. The molecule has 1 fully saturated rings. The number of carbonyl (C=O) groups excluding carboxylic acids is 1. The monoisotopic (exact) mass is 355 g/mol. The van der Waals surface area contributed by atoms with Crippen LogP contribution in [0.2, 0.25) is 0 Å². The van der Waals surface area contributed by atoms with Crippen LogP contribution in [0.15, 0.2) is 24.5 Å². The summed E-state index contributed by atoms with van der Waals surface area (Å²) in [5, 5.41) is 12.6. The lowest BCUT2D eigenvalue weighted by Crippen LogP contribution is -2.42. The van der Waals surface area contributed by atoms with E-state index in [0.717, 1.165) is 32.5 Å². The summed E-state index contributed by atoms with van der Waals surface area (Å²) in [7, 11) is 0. The lowest BCUT2D eigenvalue weighted by Gasteiger charge is -2.30. The molecule has 0 aromatic carbocycles. The minimum absolute atomic E-state index is 0.00594. The van der Waals surface area contributed by atoms with E-state index in [0.29, 0.717) is 35.4 Å². The van der Waals surface area contributed by atoms with E-state index in [9.17, 15) is 9.90 Å². The maximum Gasteiger partial charge on any atom is 0.247 e. The summed E-state index contributed by atoms with van der Waals surface area (Å²) in [5.41, 5.74) is 1.30. The van der Waals surface area contributed by atoms with Crippen molar-refractivity contribution in [3.8, 4) is 17.1 Å². The zero-order chi connectivity index (χ0) is 17.9. The summed E-state index contributed by atoms with van der Waals surface area (Å²) in [6, 6.07) is 3.28. The quantitative estimate of drug-likeness (QED) is 0.863. The van der Waals surface area contributed by atoms with Gasteiger partial charge < -0.3 is 15.2 Å². The third kappa shape index (κ3) is 3.45. The van der Waals surface area contributed by atoms with E-state index >= 15 is 0 Å². The van der Waals surface area contributed by atoms with Gasteiger partial charge in [0, 0.05) is 37.6 Å². The molecule has 136 valence electrons. The highest BCUT2D eigenvalue weighted by Crippen LogP contribution is 2.30. The van der Waals surface area contributed by atoms with Crippen molar-refractivity contribution in [2.75, 3.05) is 36.5 Å². The second-order valence-corrected chi connectivity index (χ2v) is 6.57. The predicted molar refractivity (Wildman–Crippen MR) is 95.9 cm³/mol. The first-order valence-electron chi connectivity index (χ1n) is 8.85. The smallest absolute Gasteiger partial charge is 0.247 e. The third-order valence-corrected chi connectivity index (χ3v) is 4.86. The van der Waals surface area contributed by atoms with E-state index in [1.807, 2.05) is 0 Å². The van der Waals surface area contributed by atoms with E-state index < -0.39 is 0 Å². The molecule has 2 aromatic heterocycles. The fourth-order valence-electron chi connectivity index (χ4n) is 3.36. The maximum absolute atomic E-state index is 12.5. The van der Waals surface area contributed by atoms with E-state index in [4.69, 9.17) is 4.74 Å². The van der Waals surface area contributed by atoms with Gasteiger partial charge in [-0.05, 0) is 31.2 Å². The highest BCUT2D eigenvalue weighted by atomic mass is 16.5. The van der Waals surface area contributed by atoms with Gasteiger partial charge in [0.05, 0.1) is 18.4 Å². The lowest BCUT2D eigenvalue weighted by molar-refractivity contribution is -0.117. The number of amides is 1. The predicted octanol–water partition coefficient (Wildman–Crippen LogP) is 1.82. The van der Waals surface area contributed by atoms with Gasteiger partial charge in [-0.25, -0.2) is 15.0 Å². The molecule has 0 saturated carbocycles. The summed E-state index contributed by atoms with van der Waals surface area (Å²) in [6.07, 6.45) is 6.14. The largest absolute Gasteiger partial charge is 0.493 e. The van der Waals surface area contributed by atoms with Crippen LogP contribution < -0.4 is 10.2 Å². The summed E-state index contributed by atoms with van der Waals surface area (Å²) < 4.78 is 5.40. The minimum atomic E-state index is -0.0763. The molecule has 2 aromatic rings. The molecule has 8 heteroatoms. The van der Waals surface area contributed by atoms with Crippen LogP contribution in [0.1, 0.15) is 19.3 Å². The van der Waals surface area contributed by atoms with E-state index in [1.165, 1.54) is 12.3 Å². The number of anilines is 2. The van der Waals surface area contributed by atoms with Crippen molar-refractivity contribution in [1.82, 2.24) is 15.0 Å². The van der Waals surface area contributed by atoms with Gasteiger partial charge in [0.25, 0.3) is 0 Å². The van der Waals surface area contributed by atoms with Crippen LogP contribution >= 0.6 is 0 Å². The number of nitrogens with zero attached hydrogens (tertiary/aromatic N) is 4. The molecule has 26 heavy (non-hydrogen) atoms. The normalized spacial score (nSPS) is 17.7. The summed E-state index contributed by atoms with van der Waals surface area (Å²) in [5.74, 6) is 1.64. The number of ether oxygens (including phenoxy) is 1. The van der Waals surface area contributed by atoms with Crippen LogP contribution in [0.4, 0.5) is 11.6 Å². The van der Waals surface area contributed by atoms with Crippen LogP contribution in [0, 0.1) is 5.92 Å². The molecule has 0 spiro atoms. The molecular formula is C18H21N5O3. The SMILES string of the molecule is O=C1CNc2ncc(-c3ccnc(O)c3)nc2N1CCC1CCOCC1. The molecule has 2 aliphatic rings. The van der Waals surface area contributed by atoms with Gasteiger partial charge in [-0.1, -0.05) is 0 Å². The standard InChI is InChI=1S/C18H21N5O3/c24-15-9-13(1-5-19-15)14-10-20-17-18(22-14)23(16(25)11-21-17)6-2-12-3-7-26-8-4-12/h1,5,9-10,12H,2-4,6-8,11H2,(H,19,24)(H,20,21). The number of rotatable bonds is 4. The second kappa shape index (κ2) is 7.25. The molecule has 0 bridgehead atoms. The number of hydrogen-bond donors (Lipinski definition) is 2. The highest BCUT2D eigenvalue weighted by molar-refractivity contribution is 6.00. The van der Waals surface area contributed by atoms with Crippen molar-refractivity contribution in [1.29, 1.82) is 0 Å². The van der Waals surface area contributed by atoms with E-state index in [-0.39, 0.29) is 18.3 Å². The number of pyridine rings is 1. The number of nitrogens with one attached hydrogen (secondary N) is 1. The van der Waals surface area contributed by atoms with Gasteiger partial charge in [-0.3, -0.25) is 9.69 Å². The molecule has 0 atom stereocenters. The lowest BCUT2D eigenvalue weighted by atomic mass is 9.96. The Morgan fingerprint density at radius 2 is 2.15 bits per heavy atom. The van der Waals surface area contributed by atoms with Crippen molar-refractivity contribution < 1.29 is 14.6 Å². The van der Waals surface area contributed by atoms with Gasteiger partial charge in [0.1, 0.15) is 0 Å². The van der Waals surface area contributed by atoms with Crippen LogP contribution in [-0.4, -0.2) is 52.3 Å². The number of aromatic hydroxyl groups is 1. The Balaban J connectivity index is 1.58. The number of aromatic nitrogens is 3. The molecule has 1 amide bonds. The van der Waals surface area contributed by atoms with Crippen LogP contribution in [0.3, 0.4) is 0 Å². The van der Waals surface area contributed by atoms with Crippen molar-refractivity contribution in [3.63, 3.8) is 0 Å². The van der Waals surface area contributed by atoms with E-state index in [1.54, 1.807) is 17.2 Å². The number of hydrogen-bond acceptors (Lipinski definition) is 7. The average molecular weight is 355 g/mol. The maximum atomic E-state index is 12.5. The summed E-state index contributed by atoms with van der Waals surface area (Å²) in [6.45, 7) is 2.45. The number of carbonyl (C=O) groups is 1. The molecule has 1 saturated heterocycles. The Bertz CT molecular complexity index is 807. The molecule has 0 unspecified atom stereocenters. The zero-order valence-electron chi connectivity index (χ0n) is 14.4. The van der Waals surface area contributed by atoms with Crippen LogP contribution in [0.5, 0.6) is 5.88 Å². The van der Waals surface area contributed by atoms with Crippen LogP contribution in [-0.2, 0) is 9.53 Å². The number of fused-ring (bicyclic) bond motifs is 1. The second-order valence-electron chi connectivity index (χ2n) is 6.57. The van der Waals surface area contributed by atoms with E-state index in [2.05, 4.69) is 20.3 Å². The summed E-state index contributed by atoms with van der Waals surface area (Å²) in [4.78, 5) is 27.0. The van der Waals surface area contributed by atoms with Gasteiger partial charge >= 0.3 is 0 Å².